The largest absolute Gasteiger partial charge is 0.351 e. The van der Waals surface area contributed by atoms with Crippen molar-refractivity contribution >= 4 is 39.3 Å². The average molecular weight is 319 g/mol. The van der Waals surface area contributed by atoms with E-state index >= 15 is 0 Å². The van der Waals surface area contributed by atoms with Gasteiger partial charge in [-0.2, -0.15) is 11.8 Å². The molecule has 1 N–H and O–H groups in total. The SMILES string of the molecule is CSCCNC(=O)c1cc([N+](=O)[O-])ccc1Br. The second kappa shape index (κ2) is 6.61. The van der Waals surface area contributed by atoms with Crippen molar-refractivity contribution in [2.75, 3.05) is 18.6 Å². The second-order valence-corrected chi connectivity index (χ2v) is 5.01. The number of carbonyl (C=O) groups is 1. The number of nitrogens with zero attached hydrogens (tertiary/aromatic N) is 1. The van der Waals surface area contributed by atoms with Gasteiger partial charge in [-0.15, -0.1) is 0 Å². The molecule has 5 nitrogen and oxygen atoms in total. The Morgan fingerprint density at radius 3 is 2.88 bits per heavy atom. The van der Waals surface area contributed by atoms with Gasteiger partial charge >= 0.3 is 0 Å². The smallest absolute Gasteiger partial charge is 0.270 e. The topological polar surface area (TPSA) is 72.2 Å². The van der Waals surface area contributed by atoms with Crippen molar-refractivity contribution in [3.8, 4) is 0 Å². The molecule has 1 aromatic rings. The quantitative estimate of drug-likeness (QED) is 0.514. The van der Waals surface area contributed by atoms with E-state index in [-0.39, 0.29) is 17.2 Å². The minimum atomic E-state index is -0.523. The normalized spacial score (nSPS) is 10.0. The van der Waals surface area contributed by atoms with Gasteiger partial charge in [0.2, 0.25) is 0 Å². The highest BCUT2D eigenvalue weighted by molar-refractivity contribution is 9.10. The molecule has 1 aromatic carbocycles. The summed E-state index contributed by atoms with van der Waals surface area (Å²) in [5.74, 6) is 0.493. The van der Waals surface area contributed by atoms with Crippen LogP contribution in [0.5, 0.6) is 0 Å². The van der Waals surface area contributed by atoms with Crippen LogP contribution in [0.25, 0.3) is 0 Å². The molecule has 1 rings (SSSR count). The van der Waals surface area contributed by atoms with Crippen molar-refractivity contribution in [3.05, 3.63) is 38.3 Å². The summed E-state index contributed by atoms with van der Waals surface area (Å²) in [5.41, 5.74) is 0.184. The Bertz CT molecular complexity index is 440. The summed E-state index contributed by atoms with van der Waals surface area (Å²) in [5, 5.41) is 13.3. The van der Waals surface area contributed by atoms with Crippen LogP contribution in [0.15, 0.2) is 22.7 Å². The molecule has 0 aliphatic rings. The molecule has 92 valence electrons. The number of nitro benzene ring substituents is 1. The van der Waals surface area contributed by atoms with Crippen molar-refractivity contribution in [1.29, 1.82) is 0 Å². The first-order valence-corrected chi connectivity index (χ1v) is 6.96. The number of non-ortho nitro benzene ring substituents is 1. The Kier molecular flexibility index (Phi) is 5.43. The lowest BCUT2D eigenvalue weighted by molar-refractivity contribution is -0.384. The monoisotopic (exact) mass is 318 g/mol. The molecule has 1 amide bonds. The lowest BCUT2D eigenvalue weighted by Crippen LogP contribution is -2.26. The van der Waals surface area contributed by atoms with Crippen LogP contribution in [0.4, 0.5) is 5.69 Å². The Morgan fingerprint density at radius 2 is 2.29 bits per heavy atom. The first-order valence-electron chi connectivity index (χ1n) is 4.77. The maximum absolute atomic E-state index is 11.7. The molecule has 0 bridgehead atoms. The zero-order chi connectivity index (χ0) is 12.8. The van der Waals surface area contributed by atoms with Gasteiger partial charge in [-0.25, -0.2) is 0 Å². The first kappa shape index (κ1) is 14.0. The van der Waals surface area contributed by atoms with Gasteiger partial charge in [-0.1, -0.05) is 0 Å². The molecule has 0 saturated heterocycles. The summed E-state index contributed by atoms with van der Waals surface area (Å²) in [6.07, 6.45) is 1.94. The number of nitrogens with one attached hydrogen (secondary N) is 1. The highest BCUT2D eigenvalue weighted by atomic mass is 79.9. The van der Waals surface area contributed by atoms with Crippen molar-refractivity contribution in [3.63, 3.8) is 0 Å². The number of thioether (sulfide) groups is 1. The van der Waals surface area contributed by atoms with Crippen LogP contribution in [-0.4, -0.2) is 29.4 Å². The Labute approximate surface area is 111 Å². The van der Waals surface area contributed by atoms with E-state index in [2.05, 4.69) is 21.2 Å². The second-order valence-electron chi connectivity index (χ2n) is 3.17. The number of hydrogen-bond acceptors (Lipinski definition) is 4. The third kappa shape index (κ3) is 4.01. The van der Waals surface area contributed by atoms with Gasteiger partial charge in [0, 0.05) is 28.9 Å². The van der Waals surface area contributed by atoms with Crippen LogP contribution in [0, 0.1) is 10.1 Å². The van der Waals surface area contributed by atoms with Crippen molar-refractivity contribution < 1.29 is 9.72 Å². The van der Waals surface area contributed by atoms with Crippen molar-refractivity contribution in [1.82, 2.24) is 5.32 Å². The lowest BCUT2D eigenvalue weighted by Gasteiger charge is -2.05. The Morgan fingerprint density at radius 1 is 1.59 bits per heavy atom. The predicted molar refractivity (Wildman–Crippen MR) is 71.5 cm³/mol. The highest BCUT2D eigenvalue weighted by Crippen LogP contribution is 2.22. The number of nitro groups is 1. The maximum Gasteiger partial charge on any atom is 0.270 e. The highest BCUT2D eigenvalue weighted by Gasteiger charge is 2.14. The van der Waals surface area contributed by atoms with E-state index in [0.717, 1.165) is 5.75 Å². The van der Waals surface area contributed by atoms with Crippen molar-refractivity contribution in [2.24, 2.45) is 0 Å². The molecule has 0 aliphatic heterocycles. The van der Waals surface area contributed by atoms with Gasteiger partial charge in [0.05, 0.1) is 10.5 Å². The van der Waals surface area contributed by atoms with Crippen LogP contribution in [0.3, 0.4) is 0 Å². The Balaban J connectivity index is 2.84. The molecule has 0 radical (unpaired) electrons. The van der Waals surface area contributed by atoms with Gasteiger partial charge in [-0.05, 0) is 28.3 Å². The number of amides is 1. The molecule has 0 heterocycles. The fourth-order valence-corrected chi connectivity index (χ4v) is 1.90. The zero-order valence-corrected chi connectivity index (χ0v) is 11.5. The summed E-state index contributed by atoms with van der Waals surface area (Å²) >= 11 is 4.82. The maximum atomic E-state index is 11.7. The molecule has 0 spiro atoms. The average Bonchev–Trinajstić information content (AvgIpc) is 2.29. The molecule has 0 unspecified atom stereocenters. The summed E-state index contributed by atoms with van der Waals surface area (Å²) in [6, 6.07) is 4.11. The molecular weight excluding hydrogens is 308 g/mol. The van der Waals surface area contributed by atoms with E-state index in [1.54, 1.807) is 11.8 Å². The fraction of sp³-hybridized carbons (Fsp3) is 0.300. The van der Waals surface area contributed by atoms with E-state index in [9.17, 15) is 14.9 Å². The van der Waals surface area contributed by atoms with Gasteiger partial charge in [0.25, 0.3) is 11.6 Å². The molecule has 0 atom stereocenters. The third-order valence-electron chi connectivity index (χ3n) is 2.00. The molecule has 0 aliphatic carbocycles. The fourth-order valence-electron chi connectivity index (χ4n) is 1.16. The number of halogens is 1. The summed E-state index contributed by atoms with van der Waals surface area (Å²) in [7, 11) is 0. The third-order valence-corrected chi connectivity index (χ3v) is 3.30. The number of hydrogen-bond donors (Lipinski definition) is 1. The standard InChI is InChI=1S/C10H11BrN2O3S/c1-17-5-4-12-10(14)8-6-7(13(15)16)2-3-9(8)11/h2-3,6H,4-5H2,1H3,(H,12,14). The molecule has 7 heteroatoms. The zero-order valence-electron chi connectivity index (χ0n) is 9.10. The van der Waals surface area contributed by atoms with Crippen LogP contribution in [-0.2, 0) is 0 Å². The molecule has 17 heavy (non-hydrogen) atoms. The van der Waals surface area contributed by atoms with Gasteiger partial charge < -0.3 is 5.32 Å². The molecule has 0 saturated carbocycles. The Hall–Kier alpha value is -1.08. The summed E-state index contributed by atoms with van der Waals surface area (Å²) in [4.78, 5) is 21.8. The van der Waals surface area contributed by atoms with Crippen LogP contribution < -0.4 is 5.32 Å². The van der Waals surface area contributed by atoms with Crippen LogP contribution in [0.1, 0.15) is 10.4 Å². The van der Waals surface area contributed by atoms with E-state index < -0.39 is 4.92 Å². The minimum Gasteiger partial charge on any atom is -0.351 e. The molecule has 0 aromatic heterocycles. The molecule has 0 fully saturated rings. The summed E-state index contributed by atoms with van der Waals surface area (Å²) < 4.78 is 0.546. The van der Waals surface area contributed by atoms with Crippen molar-refractivity contribution in [2.45, 2.75) is 0 Å². The van der Waals surface area contributed by atoms with E-state index in [1.165, 1.54) is 18.2 Å². The van der Waals surface area contributed by atoms with E-state index in [0.29, 0.717) is 11.0 Å². The van der Waals surface area contributed by atoms with E-state index in [1.807, 2.05) is 6.26 Å². The van der Waals surface area contributed by atoms with Crippen LogP contribution >= 0.6 is 27.7 Å². The molecular formula is C10H11BrN2O3S. The van der Waals surface area contributed by atoms with Gasteiger partial charge in [-0.3, -0.25) is 14.9 Å². The number of rotatable bonds is 5. The number of benzene rings is 1. The van der Waals surface area contributed by atoms with Crippen LogP contribution in [0.2, 0.25) is 0 Å². The minimum absolute atomic E-state index is 0.0942. The van der Waals surface area contributed by atoms with Gasteiger partial charge in [0.1, 0.15) is 0 Å². The first-order chi connectivity index (χ1) is 8.06. The van der Waals surface area contributed by atoms with E-state index in [4.69, 9.17) is 0 Å². The number of carbonyl (C=O) groups excluding carboxylic acids is 1. The predicted octanol–water partition coefficient (Wildman–Crippen LogP) is 2.45. The lowest BCUT2D eigenvalue weighted by atomic mass is 10.2. The van der Waals surface area contributed by atoms with Gasteiger partial charge in [0.15, 0.2) is 0 Å². The summed E-state index contributed by atoms with van der Waals surface area (Å²) in [6.45, 7) is 0.537.